The van der Waals surface area contributed by atoms with E-state index < -0.39 is 17.9 Å². The van der Waals surface area contributed by atoms with E-state index in [4.69, 9.17) is 9.47 Å². The van der Waals surface area contributed by atoms with Gasteiger partial charge < -0.3 is 9.47 Å². The molecule has 1 fully saturated rings. The number of anilines is 1. The van der Waals surface area contributed by atoms with Gasteiger partial charge >= 0.3 is 6.09 Å². The maximum Gasteiger partial charge on any atom is 0.415 e. The van der Waals surface area contributed by atoms with E-state index in [-0.39, 0.29) is 19.1 Å². The van der Waals surface area contributed by atoms with Gasteiger partial charge in [-0.05, 0) is 100 Å². The highest BCUT2D eigenvalue weighted by Gasteiger charge is 2.37. The zero-order valence-electron chi connectivity index (χ0n) is 24.9. The summed E-state index contributed by atoms with van der Waals surface area (Å²) in [7, 11) is 0. The predicted octanol–water partition coefficient (Wildman–Crippen LogP) is 8.03. The van der Waals surface area contributed by atoms with E-state index in [2.05, 4.69) is 24.0 Å². The average molecular weight is 569 g/mol. The Morgan fingerprint density at radius 2 is 1.74 bits per heavy atom. The molecule has 1 atom stereocenters. The predicted molar refractivity (Wildman–Crippen MR) is 159 cm³/mol. The molecule has 7 nitrogen and oxygen atoms in total. The van der Waals surface area contributed by atoms with Gasteiger partial charge in [0.15, 0.2) is 0 Å². The Kier molecular flexibility index (Phi) is 9.48. The lowest BCUT2D eigenvalue weighted by atomic mass is 9.98. The molecule has 3 aromatic rings. The Morgan fingerprint density at radius 1 is 1.07 bits per heavy atom. The first kappa shape index (κ1) is 30.5. The van der Waals surface area contributed by atoms with Crippen molar-refractivity contribution in [3.63, 3.8) is 0 Å². The number of aryl methyl sites for hydroxylation is 2. The maximum atomic E-state index is 16.2. The number of hydrogen-bond donors (Lipinski definition) is 0. The number of benzene rings is 2. The zero-order chi connectivity index (χ0) is 30.4. The molecule has 8 heteroatoms. The number of ether oxygens (including phenoxy) is 2. The van der Waals surface area contributed by atoms with E-state index in [1.54, 1.807) is 64.2 Å². The summed E-state index contributed by atoms with van der Waals surface area (Å²) in [6.07, 6.45) is 3.03. The van der Waals surface area contributed by atoms with Gasteiger partial charge in [-0.3, -0.25) is 9.88 Å². The van der Waals surface area contributed by atoms with Crippen LogP contribution in [0, 0.1) is 35.5 Å². The highest BCUT2D eigenvalue weighted by Crippen LogP contribution is 2.48. The highest BCUT2D eigenvalue weighted by atomic mass is 19.1. The maximum absolute atomic E-state index is 16.2. The summed E-state index contributed by atoms with van der Waals surface area (Å²) in [5.74, 6) is 0.232. The summed E-state index contributed by atoms with van der Waals surface area (Å²) in [5.41, 5.74) is 4.16. The van der Waals surface area contributed by atoms with Crippen LogP contribution in [-0.2, 0) is 24.3 Å². The molecule has 0 saturated heterocycles. The number of halogens is 1. The van der Waals surface area contributed by atoms with Gasteiger partial charge in [0, 0.05) is 23.0 Å². The third-order valence-corrected chi connectivity index (χ3v) is 7.12. The number of alkyl halides is 1. The summed E-state index contributed by atoms with van der Waals surface area (Å²) in [6.45, 7) is 9.38. The number of rotatable bonds is 10. The Hall–Kier alpha value is -4.43. The number of aromatic nitrogens is 1. The minimum absolute atomic E-state index is 0.00205. The van der Waals surface area contributed by atoms with Crippen molar-refractivity contribution in [3.8, 4) is 17.9 Å². The zero-order valence-corrected chi connectivity index (χ0v) is 24.9. The first-order valence-corrected chi connectivity index (χ1v) is 14.3. The van der Waals surface area contributed by atoms with Crippen molar-refractivity contribution < 1.29 is 18.7 Å². The fraction of sp³-hybridized carbons (Fsp3) is 0.412. The van der Waals surface area contributed by atoms with Crippen molar-refractivity contribution in [2.24, 2.45) is 5.92 Å². The van der Waals surface area contributed by atoms with Gasteiger partial charge in [0.1, 0.15) is 24.1 Å². The van der Waals surface area contributed by atoms with Gasteiger partial charge in [-0.15, -0.1) is 0 Å². The largest absolute Gasteiger partial charge is 0.487 e. The first-order valence-electron chi connectivity index (χ1n) is 14.3. The second-order valence-electron chi connectivity index (χ2n) is 11.7. The third-order valence-electron chi connectivity index (χ3n) is 7.12. The smallest absolute Gasteiger partial charge is 0.415 e. The van der Waals surface area contributed by atoms with Crippen LogP contribution in [-0.4, -0.2) is 16.7 Å². The molecule has 0 bridgehead atoms. The lowest BCUT2D eigenvalue weighted by Gasteiger charge is -2.29. The van der Waals surface area contributed by atoms with E-state index in [1.165, 1.54) is 4.90 Å². The van der Waals surface area contributed by atoms with Crippen LogP contribution >= 0.6 is 0 Å². The van der Waals surface area contributed by atoms with E-state index in [9.17, 15) is 15.3 Å². The van der Waals surface area contributed by atoms with Crippen molar-refractivity contribution in [1.29, 1.82) is 10.5 Å². The summed E-state index contributed by atoms with van der Waals surface area (Å²) < 4.78 is 28.2. The molecule has 1 unspecified atom stereocenters. The fourth-order valence-electron chi connectivity index (χ4n) is 4.84. The molecular weight excluding hydrogens is 531 g/mol. The Balaban J connectivity index is 1.75. The van der Waals surface area contributed by atoms with E-state index in [0.717, 1.165) is 36.8 Å². The molecule has 4 rings (SSSR count). The summed E-state index contributed by atoms with van der Waals surface area (Å²) >= 11 is 0. The number of pyridine rings is 1. The molecular formula is C34H37FN4O3. The van der Waals surface area contributed by atoms with Gasteiger partial charge in [-0.2, -0.15) is 10.5 Å². The number of carbonyl (C=O) groups is 1. The molecule has 0 spiro atoms. The van der Waals surface area contributed by atoms with Crippen LogP contribution in [0.4, 0.5) is 14.9 Å². The fourth-order valence-corrected chi connectivity index (χ4v) is 4.84. The normalized spacial score (nSPS) is 13.5. The van der Waals surface area contributed by atoms with Gasteiger partial charge in [-0.25, -0.2) is 9.18 Å². The monoisotopic (exact) mass is 568 g/mol. The van der Waals surface area contributed by atoms with Crippen molar-refractivity contribution in [2.75, 3.05) is 4.90 Å². The lowest BCUT2D eigenvalue weighted by molar-refractivity contribution is 0.0577. The standard InChI is InChI=1S/C34H37FN4O3/c1-6-7-25-11-8-24(18-37)16-27(25)21-41-32-22(2)38-19-28(30(32)31(35)26-12-13-26)20-39(33(40)42-34(3,4)5)29-14-9-23(17-36)10-15-29/h8-11,14-16,19,26,31H,6-7,12-13,20-21H2,1-5H3. The Labute approximate surface area is 247 Å². The van der Waals surface area contributed by atoms with E-state index >= 15 is 4.39 Å². The molecule has 2 aromatic carbocycles. The van der Waals surface area contributed by atoms with Crippen molar-refractivity contribution in [3.05, 3.63) is 87.7 Å². The third kappa shape index (κ3) is 7.44. The number of amides is 1. The van der Waals surface area contributed by atoms with E-state index in [1.807, 2.05) is 12.1 Å². The van der Waals surface area contributed by atoms with Gasteiger partial charge in [0.2, 0.25) is 0 Å². The van der Waals surface area contributed by atoms with Crippen molar-refractivity contribution in [2.45, 2.75) is 85.2 Å². The molecule has 1 amide bonds. The minimum Gasteiger partial charge on any atom is -0.487 e. The lowest BCUT2D eigenvalue weighted by Crippen LogP contribution is -2.37. The van der Waals surface area contributed by atoms with E-state index in [0.29, 0.717) is 39.4 Å². The summed E-state index contributed by atoms with van der Waals surface area (Å²) in [5, 5.41) is 18.7. The van der Waals surface area contributed by atoms with Gasteiger partial charge in [0.25, 0.3) is 0 Å². The van der Waals surface area contributed by atoms with Crippen LogP contribution < -0.4 is 9.64 Å². The molecule has 1 aliphatic carbocycles. The summed E-state index contributed by atoms with van der Waals surface area (Å²) in [4.78, 5) is 19.4. The molecule has 1 aromatic heterocycles. The van der Waals surface area contributed by atoms with Crippen LogP contribution in [0.3, 0.4) is 0 Å². The first-order chi connectivity index (χ1) is 20.0. The van der Waals surface area contributed by atoms with Gasteiger partial charge in [-0.1, -0.05) is 19.4 Å². The van der Waals surface area contributed by atoms with Crippen LogP contribution in [0.5, 0.6) is 5.75 Å². The molecule has 1 heterocycles. The van der Waals surface area contributed by atoms with Crippen molar-refractivity contribution >= 4 is 11.8 Å². The van der Waals surface area contributed by atoms with Crippen LogP contribution in [0.1, 0.15) is 92.2 Å². The number of nitriles is 2. The SMILES string of the molecule is CCCc1ccc(C#N)cc1COc1c(C)ncc(CN(C(=O)OC(C)(C)C)c2ccc(C#N)cc2)c1C(F)C1CC1. The van der Waals surface area contributed by atoms with Gasteiger partial charge in [0.05, 0.1) is 35.5 Å². The molecule has 0 N–H and O–H groups in total. The number of nitrogens with zero attached hydrogens (tertiary/aromatic N) is 4. The Morgan fingerprint density at radius 3 is 2.33 bits per heavy atom. The second-order valence-corrected chi connectivity index (χ2v) is 11.7. The molecule has 42 heavy (non-hydrogen) atoms. The van der Waals surface area contributed by atoms with Crippen LogP contribution in [0.15, 0.2) is 48.7 Å². The molecule has 1 saturated carbocycles. The minimum atomic E-state index is -1.29. The second kappa shape index (κ2) is 13.0. The number of hydrogen-bond acceptors (Lipinski definition) is 6. The molecule has 0 aliphatic heterocycles. The number of carbonyl (C=O) groups excluding carboxylic acids is 1. The average Bonchev–Trinajstić information content (AvgIpc) is 3.81. The Bertz CT molecular complexity index is 1510. The van der Waals surface area contributed by atoms with Crippen LogP contribution in [0.25, 0.3) is 0 Å². The summed E-state index contributed by atoms with van der Waals surface area (Å²) in [6, 6.07) is 16.4. The van der Waals surface area contributed by atoms with Crippen LogP contribution in [0.2, 0.25) is 0 Å². The molecule has 0 radical (unpaired) electrons. The highest BCUT2D eigenvalue weighted by molar-refractivity contribution is 5.88. The topological polar surface area (TPSA) is 99.2 Å². The van der Waals surface area contributed by atoms with Crippen molar-refractivity contribution in [1.82, 2.24) is 4.98 Å². The molecule has 218 valence electrons. The quantitative estimate of drug-likeness (QED) is 0.245. The molecule has 1 aliphatic rings.